The van der Waals surface area contributed by atoms with Gasteiger partial charge in [0.2, 0.25) is 0 Å². The minimum atomic E-state index is 0.684. The van der Waals surface area contributed by atoms with E-state index in [0.29, 0.717) is 5.11 Å². The Balaban J connectivity index is 1.37. The smallest absolute Gasteiger partial charge is 0.189 e. The molecule has 1 saturated heterocycles. The summed E-state index contributed by atoms with van der Waals surface area (Å²) in [7, 11) is 0. The molecule has 7 heteroatoms. The molecule has 2 N–H and O–H groups in total. The Morgan fingerprint density at radius 2 is 2.00 bits per heavy atom. The van der Waals surface area contributed by atoms with Gasteiger partial charge in [-0.3, -0.25) is 10.4 Å². The normalized spacial score (nSPS) is 17.9. The van der Waals surface area contributed by atoms with Crippen molar-refractivity contribution in [2.45, 2.75) is 20.3 Å². The number of rotatable bonds is 2. The number of hydrazone groups is 1. The van der Waals surface area contributed by atoms with Crippen LogP contribution in [0.15, 0.2) is 41.6 Å². The molecule has 1 aromatic carbocycles. The number of thiocarbonyl (C=S) groups is 1. The van der Waals surface area contributed by atoms with E-state index < -0.39 is 0 Å². The predicted molar refractivity (Wildman–Crippen MR) is 119 cm³/mol. The van der Waals surface area contributed by atoms with Crippen molar-refractivity contribution in [2.24, 2.45) is 5.10 Å². The fourth-order valence-corrected chi connectivity index (χ4v) is 3.94. The first-order valence-corrected chi connectivity index (χ1v) is 10.2. The van der Waals surface area contributed by atoms with Gasteiger partial charge in [0.05, 0.1) is 11.4 Å². The molecule has 0 radical (unpaired) electrons. The molecule has 0 atom stereocenters. The van der Waals surface area contributed by atoms with Gasteiger partial charge in [-0.2, -0.15) is 5.10 Å². The summed E-state index contributed by atoms with van der Waals surface area (Å²) in [5.41, 5.74) is 9.82. The lowest BCUT2D eigenvalue weighted by Gasteiger charge is -2.37. The Labute approximate surface area is 171 Å². The van der Waals surface area contributed by atoms with Crippen molar-refractivity contribution in [1.82, 2.24) is 15.3 Å². The van der Waals surface area contributed by atoms with Crippen LogP contribution in [0.3, 0.4) is 0 Å². The van der Waals surface area contributed by atoms with E-state index in [9.17, 15) is 0 Å². The molecule has 3 heterocycles. The van der Waals surface area contributed by atoms with Gasteiger partial charge in [0, 0.05) is 51.0 Å². The number of nitrogens with zero attached hydrogens (tertiary/aromatic N) is 4. The Hall–Kier alpha value is -2.67. The molecule has 1 fully saturated rings. The maximum Gasteiger partial charge on any atom is 0.189 e. The average molecular weight is 395 g/mol. The Morgan fingerprint density at radius 1 is 1.18 bits per heavy atom. The summed E-state index contributed by atoms with van der Waals surface area (Å²) < 4.78 is 0. The van der Waals surface area contributed by atoms with E-state index in [1.54, 1.807) is 0 Å². The number of benzene rings is 1. The van der Waals surface area contributed by atoms with Crippen molar-refractivity contribution in [3.63, 3.8) is 0 Å². The van der Waals surface area contributed by atoms with Crippen LogP contribution in [0.4, 0.5) is 11.4 Å². The molecular formula is C21H26N6S. The molecule has 0 spiro atoms. The first-order chi connectivity index (χ1) is 13.6. The number of anilines is 2. The minimum Gasteiger partial charge on any atom is -0.383 e. The monoisotopic (exact) mass is 394 g/mol. The van der Waals surface area contributed by atoms with Crippen LogP contribution < -0.4 is 15.6 Å². The summed E-state index contributed by atoms with van der Waals surface area (Å²) in [4.78, 5) is 9.11. The van der Waals surface area contributed by atoms with E-state index in [0.717, 1.165) is 56.2 Å². The van der Waals surface area contributed by atoms with Crippen LogP contribution in [-0.2, 0) is 0 Å². The van der Waals surface area contributed by atoms with E-state index in [1.165, 1.54) is 16.8 Å². The fraction of sp³-hybridized carbons (Fsp3) is 0.381. The highest BCUT2D eigenvalue weighted by atomic mass is 32.1. The van der Waals surface area contributed by atoms with Gasteiger partial charge in [0.1, 0.15) is 5.69 Å². The number of aromatic nitrogens is 1. The second-order valence-electron chi connectivity index (χ2n) is 7.32. The van der Waals surface area contributed by atoms with Crippen LogP contribution >= 0.6 is 12.2 Å². The molecule has 4 rings (SSSR count). The average Bonchev–Trinajstić information content (AvgIpc) is 2.72. The van der Waals surface area contributed by atoms with Crippen molar-refractivity contribution in [3.8, 4) is 0 Å². The van der Waals surface area contributed by atoms with Crippen LogP contribution in [0.2, 0.25) is 0 Å². The standard InChI is InChI=1S/C21H26N6S/c1-15-4-3-5-17(14-15)26-10-12-27(13-11-26)21(28)25-24-18-7-9-22-19-16(2)6-8-23-20(18)19/h3-6,8,14,22H,7,9-13H2,1-2H3,(H,25,28)/b24-18-. The highest BCUT2D eigenvalue weighted by Crippen LogP contribution is 2.23. The second kappa shape index (κ2) is 8.14. The van der Waals surface area contributed by atoms with E-state index >= 15 is 0 Å². The Bertz CT molecular complexity index is 902. The van der Waals surface area contributed by atoms with Gasteiger partial charge in [0.25, 0.3) is 0 Å². The third-order valence-corrected chi connectivity index (χ3v) is 5.67. The lowest BCUT2D eigenvalue weighted by atomic mass is 10.0. The maximum atomic E-state index is 5.60. The van der Waals surface area contributed by atoms with Gasteiger partial charge in [0.15, 0.2) is 5.11 Å². The van der Waals surface area contributed by atoms with E-state index in [-0.39, 0.29) is 0 Å². The van der Waals surface area contributed by atoms with Crippen LogP contribution in [-0.4, -0.2) is 53.4 Å². The molecule has 2 aliphatic heterocycles. The molecule has 0 amide bonds. The summed E-state index contributed by atoms with van der Waals surface area (Å²) in [5.74, 6) is 0. The summed E-state index contributed by atoms with van der Waals surface area (Å²) >= 11 is 5.60. The van der Waals surface area contributed by atoms with Gasteiger partial charge in [-0.05, 0) is 55.4 Å². The largest absolute Gasteiger partial charge is 0.383 e. The quantitative estimate of drug-likeness (QED) is 0.603. The molecule has 2 aliphatic rings. The molecule has 6 nitrogen and oxygen atoms in total. The highest BCUT2D eigenvalue weighted by molar-refractivity contribution is 7.80. The van der Waals surface area contributed by atoms with Crippen LogP contribution in [0, 0.1) is 13.8 Å². The van der Waals surface area contributed by atoms with Crippen LogP contribution in [0.1, 0.15) is 23.2 Å². The van der Waals surface area contributed by atoms with Gasteiger partial charge in [-0.25, -0.2) is 0 Å². The van der Waals surface area contributed by atoms with Crippen LogP contribution in [0.25, 0.3) is 0 Å². The number of piperazine rings is 1. The van der Waals surface area contributed by atoms with Gasteiger partial charge < -0.3 is 15.1 Å². The summed E-state index contributed by atoms with van der Waals surface area (Å²) in [6, 6.07) is 10.7. The number of aryl methyl sites for hydroxylation is 2. The number of pyridine rings is 1. The first kappa shape index (κ1) is 18.7. The Kier molecular flexibility index (Phi) is 5.43. The van der Waals surface area contributed by atoms with Crippen molar-refractivity contribution in [2.75, 3.05) is 42.9 Å². The van der Waals surface area contributed by atoms with Crippen molar-refractivity contribution in [3.05, 3.63) is 53.3 Å². The number of nitrogens with one attached hydrogen (secondary N) is 2. The molecule has 1 aromatic heterocycles. The molecule has 0 unspecified atom stereocenters. The predicted octanol–water partition coefficient (Wildman–Crippen LogP) is 2.91. The molecule has 2 aromatic rings. The topological polar surface area (TPSA) is 55.8 Å². The zero-order valence-electron chi connectivity index (χ0n) is 16.4. The second-order valence-corrected chi connectivity index (χ2v) is 7.70. The zero-order valence-corrected chi connectivity index (χ0v) is 17.2. The first-order valence-electron chi connectivity index (χ1n) is 9.75. The lowest BCUT2D eigenvalue weighted by Crippen LogP contribution is -2.51. The van der Waals surface area contributed by atoms with Gasteiger partial charge in [-0.1, -0.05) is 12.1 Å². The zero-order chi connectivity index (χ0) is 19.5. The van der Waals surface area contributed by atoms with Gasteiger partial charge >= 0.3 is 0 Å². The number of fused-ring (bicyclic) bond motifs is 1. The third kappa shape index (κ3) is 3.94. The highest BCUT2D eigenvalue weighted by Gasteiger charge is 2.21. The molecule has 0 bridgehead atoms. The van der Waals surface area contributed by atoms with E-state index in [1.807, 2.05) is 12.3 Å². The molecule has 146 valence electrons. The van der Waals surface area contributed by atoms with Crippen LogP contribution in [0.5, 0.6) is 0 Å². The summed E-state index contributed by atoms with van der Waals surface area (Å²) in [6.07, 6.45) is 2.67. The van der Waals surface area contributed by atoms with E-state index in [4.69, 9.17) is 12.2 Å². The SMILES string of the molecule is Cc1cccc(N2CCN(C(=S)N/N=C3/CCNc4c(C)ccnc43)CC2)c1. The molecule has 28 heavy (non-hydrogen) atoms. The third-order valence-electron chi connectivity index (χ3n) is 5.32. The number of hydrogen-bond donors (Lipinski definition) is 2. The maximum absolute atomic E-state index is 5.60. The fourth-order valence-electron chi connectivity index (χ4n) is 3.71. The van der Waals surface area contributed by atoms with Gasteiger partial charge in [-0.15, -0.1) is 0 Å². The molecule has 0 aliphatic carbocycles. The number of hydrogen-bond acceptors (Lipinski definition) is 5. The lowest BCUT2D eigenvalue weighted by molar-refractivity contribution is 0.381. The van der Waals surface area contributed by atoms with Crippen molar-refractivity contribution < 1.29 is 0 Å². The van der Waals surface area contributed by atoms with E-state index in [2.05, 4.69) is 68.7 Å². The molecule has 0 saturated carbocycles. The minimum absolute atomic E-state index is 0.684. The Morgan fingerprint density at radius 3 is 2.79 bits per heavy atom. The van der Waals surface area contributed by atoms with Crippen molar-refractivity contribution in [1.29, 1.82) is 0 Å². The molecular weight excluding hydrogens is 368 g/mol. The summed E-state index contributed by atoms with van der Waals surface area (Å²) in [5, 5.41) is 8.70. The summed E-state index contributed by atoms with van der Waals surface area (Å²) in [6.45, 7) is 8.77. The van der Waals surface area contributed by atoms with Crippen molar-refractivity contribution >= 4 is 34.4 Å².